The van der Waals surface area contributed by atoms with Gasteiger partial charge in [-0.2, -0.15) is 0 Å². The van der Waals surface area contributed by atoms with Crippen molar-refractivity contribution in [2.45, 2.75) is 62.9 Å². The van der Waals surface area contributed by atoms with E-state index < -0.39 is 5.60 Å². The lowest BCUT2D eigenvalue weighted by atomic mass is 9.69. The van der Waals surface area contributed by atoms with Crippen LogP contribution < -0.4 is 9.64 Å². The first-order valence-electron chi connectivity index (χ1n) is 13.6. The molecule has 1 saturated heterocycles. The van der Waals surface area contributed by atoms with Gasteiger partial charge in [0.05, 0.1) is 12.2 Å². The standard InChI is InChI=1S/C32H37BrFNO2/c1-2-3-20-37-28-13-15-30-25(21-28)8-14-29(23-4-9-26(34)10-5-23)31(30)24-6-11-27(12-7-24)35-18-16-32(36,22-33)17-19-35/h4-7,9-13,15,21,29,31,36H,2-3,8,14,16-20,22H2,1H3/t29-,31+/m1/s1. The SMILES string of the molecule is CCCCOc1ccc2c(c1)CC[C@H](c1ccc(F)cc1)[C@@H]2c1ccc(N2CCC(O)(CBr)CC2)cc1. The third-order valence-electron chi connectivity index (χ3n) is 8.20. The molecule has 3 aromatic rings. The van der Waals surface area contributed by atoms with Crippen LogP contribution in [0.2, 0.25) is 0 Å². The molecule has 37 heavy (non-hydrogen) atoms. The highest BCUT2D eigenvalue weighted by Crippen LogP contribution is 2.47. The Bertz CT molecular complexity index is 1170. The van der Waals surface area contributed by atoms with Gasteiger partial charge < -0.3 is 14.7 Å². The van der Waals surface area contributed by atoms with Crippen LogP contribution >= 0.6 is 15.9 Å². The molecule has 0 amide bonds. The van der Waals surface area contributed by atoms with E-state index in [0.29, 0.717) is 5.33 Å². The van der Waals surface area contributed by atoms with E-state index in [9.17, 15) is 9.50 Å². The number of aryl methyl sites for hydroxylation is 1. The molecular formula is C32H37BrFNO2. The first kappa shape index (κ1) is 26.2. The molecular weight excluding hydrogens is 529 g/mol. The molecule has 1 heterocycles. The number of anilines is 1. The Morgan fingerprint density at radius 1 is 1.00 bits per heavy atom. The van der Waals surface area contributed by atoms with E-state index in [0.717, 1.165) is 64.0 Å². The molecule has 196 valence electrons. The Labute approximate surface area is 228 Å². The number of alkyl halides is 1. The van der Waals surface area contributed by atoms with Gasteiger partial charge in [0.2, 0.25) is 0 Å². The third kappa shape index (κ3) is 5.88. The van der Waals surface area contributed by atoms with Crippen LogP contribution in [0.15, 0.2) is 66.7 Å². The minimum atomic E-state index is -0.594. The number of nitrogens with zero attached hydrogens (tertiary/aromatic N) is 1. The fourth-order valence-electron chi connectivity index (χ4n) is 5.91. The highest BCUT2D eigenvalue weighted by Gasteiger charge is 2.33. The minimum Gasteiger partial charge on any atom is -0.494 e. The lowest BCUT2D eigenvalue weighted by Gasteiger charge is -2.39. The molecule has 1 fully saturated rings. The van der Waals surface area contributed by atoms with Crippen molar-refractivity contribution in [1.82, 2.24) is 0 Å². The molecule has 0 radical (unpaired) electrons. The second-order valence-electron chi connectivity index (χ2n) is 10.7. The molecule has 2 atom stereocenters. The predicted molar refractivity (Wildman–Crippen MR) is 153 cm³/mol. The monoisotopic (exact) mass is 565 g/mol. The molecule has 1 aliphatic carbocycles. The average molecular weight is 567 g/mol. The van der Waals surface area contributed by atoms with Gasteiger partial charge in [-0.05, 0) is 96.7 Å². The van der Waals surface area contributed by atoms with E-state index in [1.54, 1.807) is 12.1 Å². The topological polar surface area (TPSA) is 32.7 Å². The third-order valence-corrected chi connectivity index (χ3v) is 9.25. The largest absolute Gasteiger partial charge is 0.494 e. The predicted octanol–water partition coefficient (Wildman–Crippen LogP) is 7.59. The second-order valence-corrected chi connectivity index (χ2v) is 11.2. The number of benzene rings is 3. The van der Waals surface area contributed by atoms with Gasteiger partial charge in [-0.1, -0.05) is 59.6 Å². The summed E-state index contributed by atoms with van der Waals surface area (Å²) in [6, 6.07) is 22.6. The number of rotatable bonds is 8. The van der Waals surface area contributed by atoms with Crippen molar-refractivity contribution in [3.63, 3.8) is 0 Å². The van der Waals surface area contributed by atoms with E-state index in [2.05, 4.69) is 70.2 Å². The summed E-state index contributed by atoms with van der Waals surface area (Å²) in [6.07, 6.45) is 5.72. The summed E-state index contributed by atoms with van der Waals surface area (Å²) in [7, 11) is 0. The van der Waals surface area contributed by atoms with Gasteiger partial charge in [-0.15, -0.1) is 0 Å². The number of piperidine rings is 1. The number of hydrogen-bond donors (Lipinski definition) is 1. The quantitative estimate of drug-likeness (QED) is 0.225. The number of halogens is 2. The van der Waals surface area contributed by atoms with Crippen LogP contribution in [0.25, 0.3) is 0 Å². The molecule has 0 spiro atoms. The molecule has 1 aliphatic heterocycles. The lowest BCUT2D eigenvalue weighted by molar-refractivity contribution is 0.0412. The molecule has 2 aliphatic rings. The summed E-state index contributed by atoms with van der Waals surface area (Å²) < 4.78 is 19.8. The van der Waals surface area contributed by atoms with Crippen LogP contribution in [0.4, 0.5) is 10.1 Å². The van der Waals surface area contributed by atoms with Crippen molar-refractivity contribution in [3.05, 3.63) is 94.8 Å². The van der Waals surface area contributed by atoms with Gasteiger partial charge in [0.15, 0.2) is 0 Å². The average Bonchev–Trinajstić information content (AvgIpc) is 2.93. The number of hydrogen-bond acceptors (Lipinski definition) is 3. The highest BCUT2D eigenvalue weighted by atomic mass is 79.9. The number of ether oxygens (including phenoxy) is 1. The smallest absolute Gasteiger partial charge is 0.123 e. The van der Waals surface area contributed by atoms with Crippen LogP contribution in [-0.2, 0) is 6.42 Å². The zero-order valence-corrected chi connectivity index (χ0v) is 23.2. The number of unbranched alkanes of at least 4 members (excludes halogenated alkanes) is 1. The Morgan fingerprint density at radius 2 is 1.70 bits per heavy atom. The molecule has 3 nitrogen and oxygen atoms in total. The first-order chi connectivity index (χ1) is 18.0. The molecule has 0 bridgehead atoms. The molecule has 5 rings (SSSR count). The summed E-state index contributed by atoms with van der Waals surface area (Å²) in [6.45, 7) is 4.64. The molecule has 0 unspecified atom stereocenters. The summed E-state index contributed by atoms with van der Waals surface area (Å²) in [4.78, 5) is 2.37. The fraction of sp³-hybridized carbons (Fsp3) is 0.438. The van der Waals surface area contributed by atoms with Gasteiger partial charge in [0, 0.05) is 30.0 Å². The summed E-state index contributed by atoms with van der Waals surface area (Å²) in [5.74, 6) is 1.25. The van der Waals surface area contributed by atoms with Crippen molar-refractivity contribution < 1.29 is 14.2 Å². The first-order valence-corrected chi connectivity index (χ1v) is 14.8. The molecule has 0 aromatic heterocycles. The van der Waals surface area contributed by atoms with Crippen LogP contribution in [0, 0.1) is 5.82 Å². The van der Waals surface area contributed by atoms with E-state index in [1.807, 2.05) is 12.1 Å². The summed E-state index contributed by atoms with van der Waals surface area (Å²) in [5, 5.41) is 11.2. The zero-order chi connectivity index (χ0) is 25.8. The van der Waals surface area contributed by atoms with Crippen LogP contribution in [0.1, 0.15) is 73.1 Å². The Morgan fingerprint density at radius 3 is 2.38 bits per heavy atom. The molecule has 3 aromatic carbocycles. The second kappa shape index (κ2) is 11.6. The van der Waals surface area contributed by atoms with Crippen LogP contribution in [0.3, 0.4) is 0 Å². The highest BCUT2D eigenvalue weighted by molar-refractivity contribution is 9.09. The summed E-state index contributed by atoms with van der Waals surface area (Å²) in [5.41, 5.74) is 5.78. The normalized spacial score (nSPS) is 20.9. The van der Waals surface area contributed by atoms with E-state index in [1.165, 1.54) is 27.9 Å². The van der Waals surface area contributed by atoms with Crippen molar-refractivity contribution in [2.75, 3.05) is 29.9 Å². The van der Waals surface area contributed by atoms with Gasteiger partial charge in [0.1, 0.15) is 11.6 Å². The van der Waals surface area contributed by atoms with Gasteiger partial charge in [0.25, 0.3) is 0 Å². The van der Waals surface area contributed by atoms with Crippen LogP contribution in [0.5, 0.6) is 5.75 Å². The lowest BCUT2D eigenvalue weighted by Crippen LogP contribution is -2.45. The zero-order valence-electron chi connectivity index (χ0n) is 21.6. The summed E-state index contributed by atoms with van der Waals surface area (Å²) >= 11 is 3.46. The number of aliphatic hydroxyl groups is 1. The van der Waals surface area contributed by atoms with E-state index in [-0.39, 0.29) is 17.7 Å². The maximum atomic E-state index is 13.7. The Balaban J connectivity index is 1.43. The van der Waals surface area contributed by atoms with Crippen molar-refractivity contribution in [3.8, 4) is 5.75 Å². The number of fused-ring (bicyclic) bond motifs is 1. The van der Waals surface area contributed by atoms with E-state index in [4.69, 9.17) is 4.74 Å². The van der Waals surface area contributed by atoms with Crippen LogP contribution in [-0.4, -0.2) is 35.7 Å². The van der Waals surface area contributed by atoms with Crippen molar-refractivity contribution in [2.24, 2.45) is 0 Å². The fourth-order valence-corrected chi connectivity index (χ4v) is 6.47. The van der Waals surface area contributed by atoms with Gasteiger partial charge >= 0.3 is 0 Å². The van der Waals surface area contributed by atoms with Crippen molar-refractivity contribution in [1.29, 1.82) is 0 Å². The van der Waals surface area contributed by atoms with Gasteiger partial charge in [-0.3, -0.25) is 0 Å². The maximum absolute atomic E-state index is 13.7. The Hall–Kier alpha value is -2.37. The minimum absolute atomic E-state index is 0.192. The maximum Gasteiger partial charge on any atom is 0.123 e. The molecule has 5 heteroatoms. The Kier molecular flexibility index (Phi) is 8.21. The van der Waals surface area contributed by atoms with E-state index >= 15 is 0 Å². The van der Waals surface area contributed by atoms with Gasteiger partial charge in [-0.25, -0.2) is 4.39 Å². The molecule has 1 N–H and O–H groups in total. The van der Waals surface area contributed by atoms with Crippen molar-refractivity contribution >= 4 is 21.6 Å². The molecule has 0 saturated carbocycles.